The quantitative estimate of drug-likeness (QED) is 0.869. The van der Waals surface area contributed by atoms with Crippen LogP contribution in [0.25, 0.3) is 0 Å². The average molecular weight is 318 g/mol. The van der Waals surface area contributed by atoms with Gasteiger partial charge in [-0.2, -0.15) is 0 Å². The fourth-order valence-electron chi connectivity index (χ4n) is 2.74. The van der Waals surface area contributed by atoms with Crippen molar-refractivity contribution in [1.82, 2.24) is 0 Å². The predicted molar refractivity (Wildman–Crippen MR) is 89.7 cm³/mol. The average Bonchev–Trinajstić information content (AvgIpc) is 2.50. The van der Waals surface area contributed by atoms with Crippen molar-refractivity contribution in [2.24, 2.45) is 0 Å². The molecular weight excluding hydrogens is 298 g/mol. The Balaban J connectivity index is 1.95. The predicted octanol–water partition coefficient (Wildman–Crippen LogP) is 4.95. The Morgan fingerprint density at radius 2 is 1.95 bits per heavy atom. The molecule has 3 nitrogen and oxygen atoms in total. The lowest BCUT2D eigenvalue weighted by Crippen LogP contribution is -2.41. The van der Waals surface area contributed by atoms with E-state index in [1.165, 1.54) is 5.56 Å². The summed E-state index contributed by atoms with van der Waals surface area (Å²) in [5.41, 5.74) is 3.37. The van der Waals surface area contributed by atoms with Crippen molar-refractivity contribution >= 4 is 17.3 Å². The lowest BCUT2D eigenvalue weighted by Gasteiger charge is -2.39. The third kappa shape index (κ3) is 3.06. The summed E-state index contributed by atoms with van der Waals surface area (Å²) in [5.74, 6) is 0.160. The van der Waals surface area contributed by atoms with Gasteiger partial charge in [0, 0.05) is 36.7 Å². The molecule has 2 aromatic carbocycles. The minimum absolute atomic E-state index is 0.0788. The smallest absolute Gasteiger partial charge is 0.209 e. The maximum atomic E-state index is 6.16. The van der Waals surface area contributed by atoms with E-state index in [1.807, 2.05) is 25.1 Å². The van der Waals surface area contributed by atoms with Gasteiger partial charge in [0.1, 0.15) is 5.75 Å². The Morgan fingerprint density at radius 1 is 1.23 bits per heavy atom. The molecule has 1 heterocycles. The summed E-state index contributed by atoms with van der Waals surface area (Å²) in [6, 6.07) is 14.1. The lowest BCUT2D eigenvalue weighted by molar-refractivity contribution is -0.164. The number of hydrogen-bond acceptors (Lipinski definition) is 3. The number of hydrogen-bond donors (Lipinski definition) is 1. The highest BCUT2D eigenvalue weighted by Crippen LogP contribution is 2.42. The van der Waals surface area contributed by atoms with E-state index in [-0.39, 0.29) is 6.04 Å². The Kier molecular flexibility index (Phi) is 4.02. The summed E-state index contributed by atoms with van der Waals surface area (Å²) < 4.78 is 11.5. The summed E-state index contributed by atoms with van der Waals surface area (Å²) in [6.07, 6.45) is 0.699. The fraction of sp³-hybridized carbons (Fsp3) is 0.333. The van der Waals surface area contributed by atoms with Crippen LogP contribution >= 0.6 is 11.6 Å². The molecule has 0 fully saturated rings. The minimum atomic E-state index is -0.650. The number of nitrogens with one attached hydrogen (secondary N) is 1. The standard InChI is InChI=1S/C18H20ClNO2/c1-12-4-7-14(8-5-12)20-16-11-18(2,21-3)22-17-9-6-13(19)10-15(16)17/h4-10,16,20H,11H2,1-3H3/t16-,18+/m0/s1. The monoisotopic (exact) mass is 317 g/mol. The molecule has 2 atom stereocenters. The Morgan fingerprint density at radius 3 is 2.64 bits per heavy atom. The summed E-state index contributed by atoms with van der Waals surface area (Å²) in [6.45, 7) is 4.03. The van der Waals surface area contributed by atoms with Crippen molar-refractivity contribution in [3.8, 4) is 5.75 Å². The van der Waals surface area contributed by atoms with E-state index in [0.29, 0.717) is 11.4 Å². The molecule has 22 heavy (non-hydrogen) atoms. The van der Waals surface area contributed by atoms with Gasteiger partial charge in [-0.15, -0.1) is 0 Å². The molecule has 116 valence electrons. The van der Waals surface area contributed by atoms with Crippen LogP contribution in [-0.2, 0) is 4.74 Å². The molecule has 0 aliphatic carbocycles. The lowest BCUT2D eigenvalue weighted by atomic mass is 9.94. The van der Waals surface area contributed by atoms with Crippen molar-refractivity contribution in [2.45, 2.75) is 32.1 Å². The van der Waals surface area contributed by atoms with Gasteiger partial charge in [-0.25, -0.2) is 0 Å². The molecular formula is C18H20ClNO2. The fourth-order valence-corrected chi connectivity index (χ4v) is 2.92. The van der Waals surface area contributed by atoms with E-state index < -0.39 is 5.79 Å². The first-order valence-electron chi connectivity index (χ1n) is 7.36. The Bertz CT molecular complexity index is 671. The molecule has 0 spiro atoms. The molecule has 1 aliphatic heterocycles. The van der Waals surface area contributed by atoms with E-state index in [4.69, 9.17) is 21.1 Å². The topological polar surface area (TPSA) is 30.5 Å². The molecule has 0 aromatic heterocycles. The molecule has 0 saturated carbocycles. The zero-order valence-electron chi connectivity index (χ0n) is 13.0. The van der Waals surface area contributed by atoms with Crippen LogP contribution in [0.15, 0.2) is 42.5 Å². The van der Waals surface area contributed by atoms with E-state index in [1.54, 1.807) is 7.11 Å². The normalized spacial score (nSPS) is 23.5. The summed E-state index contributed by atoms with van der Waals surface area (Å²) >= 11 is 6.16. The van der Waals surface area contributed by atoms with Crippen LogP contribution < -0.4 is 10.1 Å². The van der Waals surface area contributed by atoms with Gasteiger partial charge in [0.05, 0.1) is 6.04 Å². The first-order valence-corrected chi connectivity index (χ1v) is 7.74. The number of halogens is 1. The van der Waals surface area contributed by atoms with E-state index in [2.05, 4.69) is 36.5 Å². The largest absolute Gasteiger partial charge is 0.462 e. The molecule has 0 radical (unpaired) electrons. The number of ether oxygens (including phenoxy) is 2. The van der Waals surface area contributed by atoms with Crippen LogP contribution in [0.1, 0.15) is 30.5 Å². The van der Waals surface area contributed by atoms with Crippen molar-refractivity contribution in [2.75, 3.05) is 12.4 Å². The summed E-state index contributed by atoms with van der Waals surface area (Å²) in [7, 11) is 1.67. The number of rotatable bonds is 3. The molecule has 1 N–H and O–H groups in total. The number of benzene rings is 2. The maximum Gasteiger partial charge on any atom is 0.209 e. The maximum absolute atomic E-state index is 6.16. The molecule has 0 bridgehead atoms. The zero-order valence-corrected chi connectivity index (χ0v) is 13.8. The van der Waals surface area contributed by atoms with Gasteiger partial charge >= 0.3 is 0 Å². The molecule has 0 saturated heterocycles. The SMILES string of the molecule is CO[C@@]1(C)C[C@H](Nc2ccc(C)cc2)c2cc(Cl)ccc2O1. The second-order valence-corrected chi connectivity index (χ2v) is 6.33. The van der Waals surface area contributed by atoms with Crippen molar-refractivity contribution in [1.29, 1.82) is 0 Å². The third-order valence-corrected chi connectivity index (χ3v) is 4.31. The molecule has 0 amide bonds. The van der Waals surface area contributed by atoms with Crippen LogP contribution in [0.5, 0.6) is 5.75 Å². The van der Waals surface area contributed by atoms with Gasteiger partial charge in [-0.1, -0.05) is 29.3 Å². The first-order chi connectivity index (χ1) is 10.5. The molecule has 4 heteroatoms. The van der Waals surface area contributed by atoms with Gasteiger partial charge in [0.2, 0.25) is 5.79 Å². The minimum Gasteiger partial charge on any atom is -0.462 e. The molecule has 1 aliphatic rings. The second-order valence-electron chi connectivity index (χ2n) is 5.89. The molecule has 3 rings (SSSR count). The van der Waals surface area contributed by atoms with E-state index in [9.17, 15) is 0 Å². The molecule has 0 unspecified atom stereocenters. The van der Waals surface area contributed by atoms with Crippen LogP contribution in [0, 0.1) is 6.92 Å². The summed E-state index contributed by atoms with van der Waals surface area (Å²) in [4.78, 5) is 0. The van der Waals surface area contributed by atoms with Crippen LogP contribution in [0.2, 0.25) is 5.02 Å². The molecule has 2 aromatic rings. The number of aryl methyl sites for hydroxylation is 1. The Labute approximate surface area is 136 Å². The van der Waals surface area contributed by atoms with Crippen molar-refractivity contribution in [3.05, 3.63) is 58.6 Å². The van der Waals surface area contributed by atoms with Gasteiger partial charge in [0.15, 0.2) is 0 Å². The summed E-state index contributed by atoms with van der Waals surface area (Å²) in [5, 5.41) is 4.27. The van der Waals surface area contributed by atoms with Gasteiger partial charge in [0.25, 0.3) is 0 Å². The zero-order chi connectivity index (χ0) is 15.7. The van der Waals surface area contributed by atoms with Crippen molar-refractivity contribution < 1.29 is 9.47 Å². The second kappa shape index (κ2) is 5.82. The van der Waals surface area contributed by atoms with Crippen LogP contribution in [0.3, 0.4) is 0 Å². The van der Waals surface area contributed by atoms with Gasteiger partial charge in [-0.3, -0.25) is 0 Å². The highest BCUT2D eigenvalue weighted by molar-refractivity contribution is 6.30. The number of methoxy groups -OCH3 is 1. The van der Waals surface area contributed by atoms with Crippen LogP contribution in [-0.4, -0.2) is 12.9 Å². The Hall–Kier alpha value is -1.71. The third-order valence-electron chi connectivity index (χ3n) is 4.07. The van der Waals surface area contributed by atoms with E-state index >= 15 is 0 Å². The van der Waals surface area contributed by atoms with E-state index in [0.717, 1.165) is 17.0 Å². The van der Waals surface area contributed by atoms with Gasteiger partial charge in [-0.05, 0) is 37.3 Å². The highest BCUT2D eigenvalue weighted by atomic mass is 35.5. The highest BCUT2D eigenvalue weighted by Gasteiger charge is 2.37. The number of fused-ring (bicyclic) bond motifs is 1. The first kappa shape index (κ1) is 15.2. The number of anilines is 1. The van der Waals surface area contributed by atoms with Crippen molar-refractivity contribution in [3.63, 3.8) is 0 Å². The van der Waals surface area contributed by atoms with Crippen LogP contribution in [0.4, 0.5) is 5.69 Å². The van der Waals surface area contributed by atoms with Gasteiger partial charge < -0.3 is 14.8 Å².